The fourth-order valence-corrected chi connectivity index (χ4v) is 1.67. The van der Waals surface area contributed by atoms with E-state index in [9.17, 15) is 0 Å². The zero-order valence-corrected chi connectivity index (χ0v) is 8.49. The minimum Gasteiger partial charge on any atom is -0.397 e. The fourth-order valence-electron chi connectivity index (χ4n) is 1.40. The van der Waals surface area contributed by atoms with Crippen molar-refractivity contribution in [1.29, 1.82) is 0 Å². The maximum Gasteiger partial charge on any atom is 0.110 e. The van der Waals surface area contributed by atoms with E-state index in [1.54, 1.807) is 6.20 Å². The van der Waals surface area contributed by atoms with Gasteiger partial charge in [-0.05, 0) is 19.1 Å². The molecule has 0 aliphatic heterocycles. The van der Waals surface area contributed by atoms with Gasteiger partial charge in [0.2, 0.25) is 0 Å². The van der Waals surface area contributed by atoms with Crippen molar-refractivity contribution < 1.29 is 0 Å². The predicted octanol–water partition coefficient (Wildman–Crippen LogP) is 2.42. The van der Waals surface area contributed by atoms with Gasteiger partial charge < -0.3 is 10.3 Å². The largest absolute Gasteiger partial charge is 0.397 e. The van der Waals surface area contributed by atoms with E-state index in [0.717, 1.165) is 11.5 Å². The molecule has 0 aliphatic rings. The summed E-state index contributed by atoms with van der Waals surface area (Å²) < 4.78 is 1.87. The average Bonchev–Trinajstić information content (AvgIpc) is 2.52. The van der Waals surface area contributed by atoms with Crippen molar-refractivity contribution >= 4 is 17.3 Å². The zero-order chi connectivity index (χ0) is 10.1. The van der Waals surface area contributed by atoms with Crippen LogP contribution in [0.25, 0.3) is 5.69 Å². The Balaban J connectivity index is 2.68. The monoisotopic (exact) mass is 207 g/mol. The van der Waals surface area contributed by atoms with E-state index in [-0.39, 0.29) is 0 Å². The summed E-state index contributed by atoms with van der Waals surface area (Å²) in [4.78, 5) is 4.12. The predicted molar refractivity (Wildman–Crippen MR) is 57.7 cm³/mol. The van der Waals surface area contributed by atoms with Crippen molar-refractivity contribution in [2.24, 2.45) is 0 Å². The summed E-state index contributed by atoms with van der Waals surface area (Å²) in [5.41, 5.74) is 7.30. The van der Waals surface area contributed by atoms with Gasteiger partial charge in [0.1, 0.15) is 5.82 Å². The van der Waals surface area contributed by atoms with E-state index >= 15 is 0 Å². The first-order valence-corrected chi connectivity index (χ1v) is 4.62. The number of nitrogens with two attached hydrogens (primary N) is 1. The molecular weight excluding hydrogens is 198 g/mol. The van der Waals surface area contributed by atoms with Gasteiger partial charge in [0, 0.05) is 12.4 Å². The highest BCUT2D eigenvalue weighted by atomic mass is 35.5. The third kappa shape index (κ3) is 1.36. The van der Waals surface area contributed by atoms with Gasteiger partial charge in [-0.3, -0.25) is 0 Å². The van der Waals surface area contributed by atoms with Crippen LogP contribution in [0.15, 0.2) is 30.6 Å². The molecule has 2 rings (SSSR count). The Morgan fingerprint density at radius 2 is 2.21 bits per heavy atom. The molecule has 4 heteroatoms. The fraction of sp³-hybridized carbons (Fsp3) is 0.100. The normalized spacial score (nSPS) is 10.4. The topological polar surface area (TPSA) is 43.8 Å². The summed E-state index contributed by atoms with van der Waals surface area (Å²) in [5.74, 6) is 0.866. The first-order chi connectivity index (χ1) is 6.70. The van der Waals surface area contributed by atoms with E-state index in [1.165, 1.54) is 0 Å². The quantitative estimate of drug-likeness (QED) is 0.730. The summed E-state index contributed by atoms with van der Waals surface area (Å²) in [7, 11) is 0. The number of hydrogen-bond acceptors (Lipinski definition) is 2. The van der Waals surface area contributed by atoms with Gasteiger partial charge in [-0.25, -0.2) is 4.98 Å². The lowest BCUT2D eigenvalue weighted by Gasteiger charge is -2.09. The Morgan fingerprint density at radius 3 is 2.79 bits per heavy atom. The van der Waals surface area contributed by atoms with Crippen LogP contribution in [0.1, 0.15) is 5.82 Å². The summed E-state index contributed by atoms with van der Waals surface area (Å²) in [6.07, 6.45) is 3.56. The molecule has 0 amide bonds. The minimum absolute atomic E-state index is 0.631. The number of hydrogen-bond donors (Lipinski definition) is 1. The Labute approximate surface area is 87.1 Å². The molecule has 0 fully saturated rings. The van der Waals surface area contributed by atoms with Crippen molar-refractivity contribution in [1.82, 2.24) is 9.55 Å². The number of para-hydroxylation sites is 1. The van der Waals surface area contributed by atoms with Gasteiger partial charge >= 0.3 is 0 Å². The van der Waals surface area contributed by atoms with Crippen LogP contribution in [-0.2, 0) is 0 Å². The molecule has 0 bridgehead atoms. The number of nitrogens with zero attached hydrogens (tertiary/aromatic N) is 2. The first kappa shape index (κ1) is 9.09. The highest BCUT2D eigenvalue weighted by molar-refractivity contribution is 6.32. The summed E-state index contributed by atoms with van der Waals surface area (Å²) in [6.45, 7) is 1.91. The number of anilines is 1. The Morgan fingerprint density at radius 1 is 1.43 bits per heavy atom. The summed E-state index contributed by atoms with van der Waals surface area (Å²) in [5, 5.41) is 0.631. The van der Waals surface area contributed by atoms with E-state index in [4.69, 9.17) is 17.3 Å². The zero-order valence-electron chi connectivity index (χ0n) is 7.74. The van der Waals surface area contributed by atoms with Crippen molar-refractivity contribution in [2.75, 3.05) is 5.73 Å². The summed E-state index contributed by atoms with van der Waals surface area (Å²) in [6, 6.07) is 5.46. The lowest BCUT2D eigenvalue weighted by molar-refractivity contribution is 0.977. The van der Waals surface area contributed by atoms with Crippen LogP contribution in [0.2, 0.25) is 5.02 Å². The SMILES string of the molecule is Cc1nccn1-c1c(N)cccc1Cl. The molecule has 0 saturated heterocycles. The lowest BCUT2D eigenvalue weighted by Crippen LogP contribution is -2.01. The molecule has 14 heavy (non-hydrogen) atoms. The van der Waals surface area contributed by atoms with Crippen LogP contribution in [0.4, 0.5) is 5.69 Å². The molecule has 0 aliphatic carbocycles. The van der Waals surface area contributed by atoms with Gasteiger partial charge in [-0.15, -0.1) is 0 Å². The van der Waals surface area contributed by atoms with Crippen LogP contribution < -0.4 is 5.73 Å². The smallest absolute Gasteiger partial charge is 0.110 e. The highest BCUT2D eigenvalue weighted by Gasteiger charge is 2.08. The Hall–Kier alpha value is -1.48. The van der Waals surface area contributed by atoms with Crippen molar-refractivity contribution in [2.45, 2.75) is 6.92 Å². The van der Waals surface area contributed by atoms with Gasteiger partial charge in [0.05, 0.1) is 16.4 Å². The summed E-state index contributed by atoms with van der Waals surface area (Å²) >= 11 is 6.06. The third-order valence-electron chi connectivity index (χ3n) is 2.08. The second-order valence-corrected chi connectivity index (χ2v) is 3.43. The number of nitrogen functional groups attached to an aromatic ring is 1. The number of aryl methyl sites for hydroxylation is 1. The number of halogens is 1. The van der Waals surface area contributed by atoms with E-state index in [1.807, 2.05) is 35.9 Å². The molecule has 0 saturated carbocycles. The molecule has 0 atom stereocenters. The first-order valence-electron chi connectivity index (χ1n) is 4.24. The van der Waals surface area contributed by atoms with Gasteiger partial charge in [0.25, 0.3) is 0 Å². The molecular formula is C10H10ClN3. The second kappa shape index (κ2) is 3.35. The maximum absolute atomic E-state index is 6.06. The Kier molecular flexibility index (Phi) is 2.17. The van der Waals surface area contributed by atoms with Crippen LogP contribution in [0, 0.1) is 6.92 Å². The number of imidazole rings is 1. The van der Waals surface area contributed by atoms with Crippen LogP contribution in [0.5, 0.6) is 0 Å². The Bertz CT molecular complexity index is 442. The molecule has 1 aromatic heterocycles. The van der Waals surface area contributed by atoms with Crippen molar-refractivity contribution in [3.8, 4) is 5.69 Å². The third-order valence-corrected chi connectivity index (χ3v) is 2.39. The van der Waals surface area contributed by atoms with Crippen LogP contribution in [-0.4, -0.2) is 9.55 Å². The highest BCUT2D eigenvalue weighted by Crippen LogP contribution is 2.26. The number of benzene rings is 1. The standard InChI is InChI=1S/C10H10ClN3/c1-7-13-5-6-14(7)10-8(11)3-2-4-9(10)12/h2-6H,12H2,1H3. The van der Waals surface area contributed by atoms with Crippen LogP contribution in [0.3, 0.4) is 0 Å². The molecule has 0 spiro atoms. The number of rotatable bonds is 1. The molecule has 1 aromatic carbocycles. The molecule has 2 N–H and O–H groups in total. The molecule has 0 unspecified atom stereocenters. The van der Waals surface area contributed by atoms with Gasteiger partial charge in [-0.1, -0.05) is 17.7 Å². The van der Waals surface area contributed by atoms with E-state index < -0.39 is 0 Å². The van der Waals surface area contributed by atoms with Crippen molar-refractivity contribution in [3.63, 3.8) is 0 Å². The van der Waals surface area contributed by atoms with Gasteiger partial charge in [0.15, 0.2) is 0 Å². The molecule has 72 valence electrons. The molecule has 3 nitrogen and oxygen atoms in total. The molecule has 0 radical (unpaired) electrons. The van der Waals surface area contributed by atoms with Crippen molar-refractivity contribution in [3.05, 3.63) is 41.4 Å². The van der Waals surface area contributed by atoms with Crippen LogP contribution >= 0.6 is 11.6 Å². The van der Waals surface area contributed by atoms with E-state index in [2.05, 4.69) is 4.98 Å². The van der Waals surface area contributed by atoms with E-state index in [0.29, 0.717) is 10.7 Å². The maximum atomic E-state index is 6.06. The average molecular weight is 208 g/mol. The lowest BCUT2D eigenvalue weighted by atomic mass is 10.2. The molecule has 2 aromatic rings. The minimum atomic E-state index is 0.631. The number of aromatic nitrogens is 2. The molecule has 1 heterocycles. The van der Waals surface area contributed by atoms with Gasteiger partial charge in [-0.2, -0.15) is 0 Å². The second-order valence-electron chi connectivity index (χ2n) is 3.02.